The van der Waals surface area contributed by atoms with Gasteiger partial charge in [-0.2, -0.15) is 5.10 Å². The lowest BCUT2D eigenvalue weighted by molar-refractivity contribution is 0.592. The van der Waals surface area contributed by atoms with Crippen molar-refractivity contribution < 1.29 is 4.57 Å². The van der Waals surface area contributed by atoms with Crippen LogP contribution >= 0.6 is 7.14 Å². The molecule has 0 saturated heterocycles. The minimum atomic E-state index is -3.28. The molecule has 0 atom stereocenters. The van der Waals surface area contributed by atoms with Gasteiger partial charge >= 0.3 is 0 Å². The number of para-hydroxylation sites is 10. The first-order chi connectivity index (χ1) is 69.4. The molecule has 0 aliphatic heterocycles. The highest BCUT2D eigenvalue weighted by molar-refractivity contribution is 7.85. The van der Waals surface area contributed by atoms with E-state index in [1.807, 2.05) is 139 Å². The van der Waals surface area contributed by atoms with Crippen LogP contribution < -0.4 is 15.9 Å². The van der Waals surface area contributed by atoms with E-state index in [1.54, 1.807) is 12.4 Å². The van der Waals surface area contributed by atoms with Gasteiger partial charge in [0.25, 0.3) is 0 Å². The van der Waals surface area contributed by atoms with E-state index in [0.29, 0.717) is 5.30 Å². The van der Waals surface area contributed by atoms with Gasteiger partial charge in [0, 0.05) is 162 Å². The topological polar surface area (TPSA) is 121 Å². The molecule has 0 radical (unpaired) electrons. The van der Waals surface area contributed by atoms with E-state index in [0.717, 1.165) is 134 Å². The molecule has 15 heteroatoms. The molecule has 17 aromatic carbocycles. The zero-order valence-corrected chi connectivity index (χ0v) is 76.4. The van der Waals surface area contributed by atoms with Crippen LogP contribution in [0.2, 0.25) is 0 Å². The van der Waals surface area contributed by atoms with Crippen LogP contribution in [-0.2, 0) is 4.57 Å². The summed E-state index contributed by atoms with van der Waals surface area (Å²) >= 11 is 0. The summed E-state index contributed by atoms with van der Waals surface area (Å²) in [5.41, 5.74) is 28.4. The lowest BCUT2D eigenvalue weighted by atomic mass is 10.1. The van der Waals surface area contributed by atoms with E-state index in [9.17, 15) is 0 Å². The molecular formula is C125H82N13OP. The van der Waals surface area contributed by atoms with E-state index < -0.39 is 7.14 Å². The van der Waals surface area contributed by atoms with Crippen molar-refractivity contribution >= 4 is 176 Å². The molecule has 0 amide bonds. The quantitative estimate of drug-likeness (QED) is 0.106. The van der Waals surface area contributed by atoms with Gasteiger partial charge < -0.3 is 36.5 Å². The zero-order chi connectivity index (χ0) is 92.5. The minimum Gasteiger partial charge on any atom is -0.309 e. The molecule has 14 nitrogen and oxygen atoms in total. The Morgan fingerprint density at radius 3 is 0.814 bits per heavy atom. The Kier molecular flexibility index (Phi) is 19.2. The molecule has 12 aromatic heterocycles. The molecule has 0 N–H and O–H groups in total. The third-order valence-electron chi connectivity index (χ3n) is 27.8. The molecule has 0 saturated carbocycles. The maximum Gasteiger partial charge on any atom is 0.172 e. The summed E-state index contributed by atoms with van der Waals surface area (Å²) in [5, 5.41) is 23.5. The first kappa shape index (κ1) is 81.0. The Labute approximate surface area is 802 Å². The van der Waals surface area contributed by atoms with E-state index in [-0.39, 0.29) is 0 Å². The van der Waals surface area contributed by atoms with Gasteiger partial charge in [0.2, 0.25) is 0 Å². The molecular weight excluding hydrogens is 1730 g/mol. The van der Waals surface area contributed by atoms with E-state index >= 15 is 4.57 Å². The smallest absolute Gasteiger partial charge is 0.172 e. The van der Waals surface area contributed by atoms with Crippen molar-refractivity contribution in [2.24, 2.45) is 0 Å². The third kappa shape index (κ3) is 13.2. The van der Waals surface area contributed by atoms with Crippen LogP contribution in [0.25, 0.3) is 221 Å². The van der Waals surface area contributed by atoms with E-state index in [1.165, 1.54) is 97.7 Å². The van der Waals surface area contributed by atoms with Crippen LogP contribution in [-0.4, -0.2) is 61.7 Å². The molecule has 0 fully saturated rings. The second-order valence-corrected chi connectivity index (χ2v) is 38.3. The number of rotatable bonds is 13. The molecule has 0 aliphatic rings. The second kappa shape index (κ2) is 33.2. The Balaban J connectivity index is 0.000000111. The van der Waals surface area contributed by atoms with Gasteiger partial charge in [0.05, 0.1) is 124 Å². The predicted octanol–water partition coefficient (Wildman–Crippen LogP) is 29.5. The molecule has 658 valence electrons. The SMILES string of the molecule is O=P(c1ccccc1)(c1ccccc1)c1cncc(-n2c3ccc(-n4c5ccccc5c5ccccc54)cc3c3cc(-n4c5ccccc5c5ccccc54)ccc32)c1.c1cc(-c2ccc(-n3cccn3)cn2)cc(-n2c3ccccc3c3ccccc32)c1.c1ccc(-c2cncc(-n3c4ccc(-n5c6ccccc6c6ccccc65)cc4c4cc(-n5c6ccccc6c6ccccc65)ccc43)c2)nc1. The summed E-state index contributed by atoms with van der Waals surface area (Å²) < 4.78 is 33.9. The number of benzene rings is 17. The molecule has 0 spiro atoms. The number of pyridine rings is 4. The highest BCUT2D eigenvalue weighted by Crippen LogP contribution is 2.47. The minimum absolute atomic E-state index is 0.686. The molecule has 29 aromatic rings. The highest BCUT2D eigenvalue weighted by Gasteiger charge is 2.32. The fourth-order valence-electron chi connectivity index (χ4n) is 21.7. The van der Waals surface area contributed by atoms with Gasteiger partial charge in [-0.3, -0.25) is 19.9 Å². The number of hydrogen-bond acceptors (Lipinski definition) is 6. The third-order valence-corrected chi connectivity index (χ3v) is 30.9. The molecule has 0 bridgehead atoms. The van der Waals surface area contributed by atoms with Gasteiger partial charge in [0.15, 0.2) is 7.14 Å². The lowest BCUT2D eigenvalue weighted by Gasteiger charge is -2.20. The predicted molar refractivity (Wildman–Crippen MR) is 578 cm³/mol. The summed E-state index contributed by atoms with van der Waals surface area (Å²) in [7, 11) is -3.28. The molecule has 0 aliphatic carbocycles. The summed E-state index contributed by atoms with van der Waals surface area (Å²) in [6.45, 7) is 0. The average Bonchev–Trinajstić information content (AvgIpc) is 1.58. The summed E-state index contributed by atoms with van der Waals surface area (Å²) in [4.78, 5) is 18.8. The van der Waals surface area contributed by atoms with E-state index in [2.05, 4.69) is 399 Å². The van der Waals surface area contributed by atoms with Crippen LogP contribution in [0.5, 0.6) is 0 Å². The number of aromatic nitrogens is 13. The molecule has 140 heavy (non-hydrogen) atoms. The van der Waals surface area contributed by atoms with Crippen molar-refractivity contribution in [3.63, 3.8) is 0 Å². The monoisotopic (exact) mass is 1810 g/mol. The van der Waals surface area contributed by atoms with Gasteiger partial charge in [-0.15, -0.1) is 0 Å². The average molecular weight is 1810 g/mol. The first-order valence-electron chi connectivity index (χ1n) is 47.1. The lowest BCUT2D eigenvalue weighted by Crippen LogP contribution is -2.25. The Morgan fingerprint density at radius 1 is 0.179 bits per heavy atom. The fraction of sp³-hybridized carbons (Fsp3) is 0. The Bertz CT molecular complexity index is 9370. The number of fused-ring (bicyclic) bond motifs is 21. The van der Waals surface area contributed by atoms with Crippen LogP contribution in [0.1, 0.15) is 0 Å². The number of nitrogens with zero attached hydrogens (tertiary/aromatic N) is 13. The maximum absolute atomic E-state index is 15.6. The van der Waals surface area contributed by atoms with Crippen molar-refractivity contribution in [1.29, 1.82) is 0 Å². The van der Waals surface area contributed by atoms with Crippen LogP contribution in [0, 0.1) is 0 Å². The van der Waals surface area contributed by atoms with E-state index in [4.69, 9.17) is 9.97 Å². The summed E-state index contributed by atoms with van der Waals surface area (Å²) in [6, 6.07) is 158. The second-order valence-electron chi connectivity index (χ2n) is 35.6. The van der Waals surface area contributed by atoms with Gasteiger partial charge in [-0.1, -0.05) is 261 Å². The fourth-order valence-corrected chi connectivity index (χ4v) is 24.3. The molecule has 0 unspecified atom stereocenters. The summed E-state index contributed by atoms with van der Waals surface area (Å²) in [6.07, 6.45) is 14.9. The van der Waals surface area contributed by atoms with Crippen LogP contribution in [0.4, 0.5) is 0 Å². The van der Waals surface area contributed by atoms with Crippen molar-refractivity contribution in [2.45, 2.75) is 0 Å². The van der Waals surface area contributed by atoms with Crippen molar-refractivity contribution in [1.82, 2.24) is 61.7 Å². The van der Waals surface area contributed by atoms with Gasteiger partial charge in [-0.25, -0.2) is 4.68 Å². The standard InChI is InChI=1S/C53H35N4OP.C46H29N5.C26H18N4/c58-59(39-15-3-1-4-16-39,40-17-5-2-6-18-40)41-31-38(34-54-35-41)57-52-29-27-36(55-48-23-11-7-19-42(48)43-20-8-12-24-49(43)55)32-46(52)47-33-37(28-30-53(47)57)56-50-25-13-9-21-44(50)45-22-10-14-26-51(45)56;1-5-16-41-34(11-1)35-12-2-6-17-42(35)49(41)31-20-22-45-38(26-31)39-27-32(50-43-18-7-3-13-36(43)37-14-4-8-19-44(37)50)21-23-46(39)51(45)33-25-30(28-47-29-33)40-15-9-10-24-48-40;1-3-11-25-22(9-1)23-10-2-4-12-26(23)30(25)20-8-5-7-19(17-20)24-14-13-21(18-27-24)29-16-6-15-28-29/h1-35H;1-29H;1-18H. The summed E-state index contributed by atoms with van der Waals surface area (Å²) in [5.74, 6) is 0. The largest absolute Gasteiger partial charge is 0.309 e. The van der Waals surface area contributed by atoms with Crippen LogP contribution in [0.3, 0.4) is 0 Å². The molecule has 12 heterocycles. The molecule has 29 rings (SSSR count). The highest BCUT2D eigenvalue weighted by atomic mass is 31.2. The Morgan fingerprint density at radius 2 is 0.479 bits per heavy atom. The van der Waals surface area contributed by atoms with Crippen LogP contribution in [0.15, 0.2) is 498 Å². The van der Waals surface area contributed by atoms with Crippen molar-refractivity contribution in [3.8, 4) is 68.0 Å². The normalized spacial score (nSPS) is 11.9. The maximum atomic E-state index is 15.6. The number of hydrogen-bond donors (Lipinski definition) is 0. The first-order valence-corrected chi connectivity index (χ1v) is 48.8. The van der Waals surface area contributed by atoms with Gasteiger partial charge in [0.1, 0.15) is 0 Å². The van der Waals surface area contributed by atoms with Gasteiger partial charge in [-0.05, 0) is 188 Å². The zero-order valence-electron chi connectivity index (χ0n) is 75.5. The Hall–Kier alpha value is -18.6. The van der Waals surface area contributed by atoms with Crippen molar-refractivity contribution in [3.05, 3.63) is 498 Å². The van der Waals surface area contributed by atoms with Crippen molar-refractivity contribution in [2.75, 3.05) is 0 Å².